The molecule has 0 aromatic heterocycles. The molecule has 6 atom stereocenters. The van der Waals surface area contributed by atoms with E-state index in [1.54, 1.807) is 24.3 Å². The van der Waals surface area contributed by atoms with Gasteiger partial charge in [0.05, 0.1) is 23.2 Å². The van der Waals surface area contributed by atoms with E-state index in [9.17, 15) is 25.1 Å². The molecule has 1 saturated carbocycles. The number of carbonyl (C=O) groups is 1. The number of nitrogens with zero attached hydrogens (tertiary/aromatic N) is 3. The maximum Gasteiger partial charge on any atom is 0.269 e. The largest absolute Gasteiger partial charge is 0.490 e. The van der Waals surface area contributed by atoms with Gasteiger partial charge >= 0.3 is 0 Å². The first-order valence-electron chi connectivity index (χ1n) is 23.2. The zero-order chi connectivity index (χ0) is 44.3. The molecule has 0 saturated heterocycles. The van der Waals surface area contributed by atoms with Crippen molar-refractivity contribution in [2.75, 3.05) is 33.5 Å². The Labute approximate surface area is 369 Å². The number of amides is 1. The fraction of sp³-hybridized carbons (Fsp3) is 0.600. The normalized spacial score (nSPS) is 23.1. The maximum absolute atomic E-state index is 14.4. The smallest absolute Gasteiger partial charge is 0.269 e. The Morgan fingerprint density at radius 2 is 1.61 bits per heavy atom. The number of fused-ring (bicyclic) bond motifs is 2. The van der Waals surface area contributed by atoms with Gasteiger partial charge in [-0.15, -0.1) is 6.58 Å². The fourth-order valence-corrected chi connectivity index (χ4v) is 9.81. The molecule has 1 amide bonds. The van der Waals surface area contributed by atoms with Gasteiger partial charge in [0.2, 0.25) is 11.7 Å². The number of carbonyl (C=O) groups excluding carboxylic acids is 1. The molecular formula is C50H71N3O9. The molecule has 2 aliphatic carbocycles. The summed E-state index contributed by atoms with van der Waals surface area (Å²) in [5, 5.41) is 35.9. The van der Waals surface area contributed by atoms with E-state index in [1.807, 2.05) is 24.1 Å². The minimum atomic E-state index is -1.33. The van der Waals surface area contributed by atoms with Gasteiger partial charge in [-0.3, -0.25) is 14.9 Å². The van der Waals surface area contributed by atoms with Crippen LogP contribution in [0.5, 0.6) is 11.5 Å². The molecule has 1 aliphatic heterocycles. The van der Waals surface area contributed by atoms with Crippen LogP contribution in [0.1, 0.15) is 133 Å². The maximum atomic E-state index is 14.4. The summed E-state index contributed by atoms with van der Waals surface area (Å²) in [5.41, 5.74) is 3.34. The van der Waals surface area contributed by atoms with Crippen LogP contribution in [-0.2, 0) is 21.0 Å². The highest BCUT2D eigenvalue weighted by Crippen LogP contribution is 2.61. The molecule has 62 heavy (non-hydrogen) atoms. The molecule has 5 rings (SSSR count). The van der Waals surface area contributed by atoms with E-state index in [2.05, 4.69) is 32.2 Å². The number of allylic oxidation sites excluding steroid dienone is 1. The number of nitro groups is 1. The van der Waals surface area contributed by atoms with Crippen LogP contribution < -0.4 is 9.47 Å². The molecule has 12 heteroatoms. The van der Waals surface area contributed by atoms with Crippen LogP contribution in [0.3, 0.4) is 0 Å². The Balaban J connectivity index is 1.59. The summed E-state index contributed by atoms with van der Waals surface area (Å²) in [6, 6.07) is 11.5. The van der Waals surface area contributed by atoms with Crippen molar-refractivity contribution < 1.29 is 39.0 Å². The van der Waals surface area contributed by atoms with Crippen molar-refractivity contribution in [1.29, 1.82) is 0 Å². The molecule has 0 radical (unpaired) electrons. The van der Waals surface area contributed by atoms with E-state index in [4.69, 9.17) is 24.2 Å². The van der Waals surface area contributed by atoms with E-state index in [-0.39, 0.29) is 55.8 Å². The van der Waals surface area contributed by atoms with Crippen molar-refractivity contribution in [3.8, 4) is 11.5 Å². The second kappa shape index (κ2) is 24.9. The summed E-state index contributed by atoms with van der Waals surface area (Å²) >= 11 is 0. The topological polar surface area (TPSA) is 153 Å². The predicted molar refractivity (Wildman–Crippen MR) is 243 cm³/mol. The van der Waals surface area contributed by atoms with Crippen LogP contribution >= 0.6 is 0 Å². The number of likely N-dealkylation sites (N-methyl/N-ethyl adjacent to an activating group) is 1. The van der Waals surface area contributed by atoms with Gasteiger partial charge in [0.15, 0.2) is 0 Å². The first-order chi connectivity index (χ1) is 30.2. The first-order valence-corrected chi connectivity index (χ1v) is 23.2. The zero-order valence-corrected chi connectivity index (χ0v) is 37.2. The number of unbranched alkanes of at least 4 members (excludes halogenated alkanes) is 10. The Hall–Kier alpha value is -4.52. The van der Waals surface area contributed by atoms with Crippen LogP contribution in [0, 0.1) is 27.9 Å². The molecule has 340 valence electrons. The van der Waals surface area contributed by atoms with Crippen molar-refractivity contribution in [1.82, 2.24) is 4.90 Å². The van der Waals surface area contributed by atoms with Gasteiger partial charge < -0.3 is 34.2 Å². The summed E-state index contributed by atoms with van der Waals surface area (Å²) < 4.78 is 20.4. The minimum absolute atomic E-state index is 0.00372. The van der Waals surface area contributed by atoms with E-state index < -0.39 is 22.7 Å². The van der Waals surface area contributed by atoms with Crippen LogP contribution in [0.4, 0.5) is 5.69 Å². The number of nitro benzene ring substituents is 1. The lowest BCUT2D eigenvalue weighted by Gasteiger charge is -2.59. The molecule has 1 heterocycles. The molecule has 0 spiro atoms. The first kappa shape index (κ1) is 48.5. The average Bonchev–Trinajstić information content (AvgIpc) is 3.28. The predicted octanol–water partition coefficient (Wildman–Crippen LogP) is 10.4. The summed E-state index contributed by atoms with van der Waals surface area (Å²) in [4.78, 5) is 33.2. The monoisotopic (exact) mass is 858 g/mol. The second-order valence-electron chi connectivity index (χ2n) is 17.2. The highest BCUT2D eigenvalue weighted by atomic mass is 16.7. The number of aliphatic hydroxyl groups excluding tert-OH is 2. The Morgan fingerprint density at radius 3 is 2.27 bits per heavy atom. The summed E-state index contributed by atoms with van der Waals surface area (Å²) in [7, 11) is 1.85. The number of aliphatic hydroxyl groups is 2. The second-order valence-corrected chi connectivity index (χ2v) is 17.2. The quantitative estimate of drug-likeness (QED) is 0.0352. The van der Waals surface area contributed by atoms with E-state index in [0.29, 0.717) is 49.5 Å². The van der Waals surface area contributed by atoms with Gasteiger partial charge in [0, 0.05) is 56.7 Å². The van der Waals surface area contributed by atoms with Crippen LogP contribution in [0.25, 0.3) is 0 Å². The number of oxime groups is 1. The van der Waals surface area contributed by atoms with Gasteiger partial charge in [0.25, 0.3) is 5.69 Å². The van der Waals surface area contributed by atoms with Gasteiger partial charge in [-0.05, 0) is 85.4 Å². The molecule has 1 fully saturated rings. The third-order valence-corrected chi connectivity index (χ3v) is 12.9. The van der Waals surface area contributed by atoms with Crippen molar-refractivity contribution in [2.24, 2.45) is 22.9 Å². The van der Waals surface area contributed by atoms with Crippen LogP contribution in [0.15, 0.2) is 84.6 Å². The van der Waals surface area contributed by atoms with Crippen LogP contribution in [-0.4, -0.2) is 77.0 Å². The molecular weight excluding hydrogens is 787 g/mol. The fourth-order valence-electron chi connectivity index (χ4n) is 9.81. The molecule has 6 unspecified atom stereocenters. The van der Waals surface area contributed by atoms with E-state index in [1.165, 1.54) is 50.7 Å². The summed E-state index contributed by atoms with van der Waals surface area (Å²) in [6.45, 7) is 10.9. The highest BCUT2D eigenvalue weighted by molar-refractivity contribution is 6.03. The number of ether oxygens (including phenoxy) is 3. The highest BCUT2D eigenvalue weighted by Gasteiger charge is 2.65. The lowest BCUT2D eigenvalue weighted by atomic mass is 9.55. The SMILES string of the molecule is C=CCOc1ccc2c(c1)C1C(CCCCO)C(CCCCO)C=C3C(=NOCc4ccc([N+](=O)[O-])cc4)CC(N(C)C(=O)CCCCCCCCCCC)C(OCC=C)(O2)C31. The van der Waals surface area contributed by atoms with Gasteiger partial charge in [-0.1, -0.05) is 101 Å². The molecule has 2 aromatic carbocycles. The van der Waals surface area contributed by atoms with Gasteiger partial charge in [0.1, 0.15) is 30.8 Å². The van der Waals surface area contributed by atoms with Gasteiger partial charge in [-0.2, -0.15) is 0 Å². The van der Waals surface area contributed by atoms with E-state index >= 15 is 0 Å². The van der Waals surface area contributed by atoms with Crippen LogP contribution in [0.2, 0.25) is 0 Å². The molecule has 2 aromatic rings. The molecule has 12 nitrogen and oxygen atoms in total. The zero-order valence-electron chi connectivity index (χ0n) is 37.2. The summed E-state index contributed by atoms with van der Waals surface area (Å²) in [6.07, 6.45) is 21.5. The standard InChI is InChI=1S/C50H71N3O9/c1-5-8-9-10-11-12-13-14-15-22-47(56)52(4)46-35-44(51-61-36-37-23-25-39(26-24-37)53(57)58)42-33-38(20-16-18-29-54)41(21-17-19-30-55)48-43-34-40(59-31-6-2)27-28-45(43)62-50(46,49(42)48)60-32-7-3/h6-7,23-28,33-34,38,41,46,48-49,54-55H,2-3,5,8-22,29-32,35-36H2,1,4H3. The Bertz CT molecular complexity index is 1810. The molecule has 3 aliphatic rings. The lowest BCUT2D eigenvalue weighted by molar-refractivity contribution is -0.384. The van der Waals surface area contributed by atoms with E-state index in [0.717, 1.165) is 61.6 Å². The van der Waals surface area contributed by atoms with Crippen molar-refractivity contribution in [3.05, 3.63) is 101 Å². The molecule has 0 bridgehead atoms. The third kappa shape index (κ3) is 12.3. The van der Waals surface area contributed by atoms with Gasteiger partial charge in [-0.25, -0.2) is 0 Å². The van der Waals surface area contributed by atoms with Crippen molar-refractivity contribution in [3.63, 3.8) is 0 Å². The number of rotatable bonds is 29. The molecule has 2 N–H and O–H groups in total. The number of hydrogen-bond donors (Lipinski definition) is 2. The Kier molecular flexibility index (Phi) is 19.5. The number of non-ortho nitro benzene ring substituents is 1. The van der Waals surface area contributed by atoms with Crippen molar-refractivity contribution >= 4 is 17.3 Å². The third-order valence-electron chi connectivity index (χ3n) is 12.9. The number of benzene rings is 2. The summed E-state index contributed by atoms with van der Waals surface area (Å²) in [5.74, 6) is -0.389. The number of hydrogen-bond acceptors (Lipinski definition) is 10. The van der Waals surface area contributed by atoms with Crippen molar-refractivity contribution in [2.45, 2.75) is 140 Å². The average molecular weight is 858 g/mol. The minimum Gasteiger partial charge on any atom is -0.490 e. The lowest BCUT2D eigenvalue weighted by Crippen LogP contribution is -2.69. The Morgan fingerprint density at radius 1 is 0.935 bits per heavy atom.